The van der Waals surface area contributed by atoms with Crippen LogP contribution in [0.1, 0.15) is 35.7 Å². The van der Waals surface area contributed by atoms with E-state index in [1.165, 1.54) is 0 Å². The van der Waals surface area contributed by atoms with Crippen LogP contribution in [-0.2, 0) is 0 Å². The van der Waals surface area contributed by atoms with Gasteiger partial charge in [-0.3, -0.25) is 9.78 Å². The molecular formula is C27H27ClN4O2. The summed E-state index contributed by atoms with van der Waals surface area (Å²) in [6, 6.07) is 17.6. The van der Waals surface area contributed by atoms with Crippen LogP contribution >= 0.6 is 11.6 Å². The number of piperidine rings is 1. The van der Waals surface area contributed by atoms with Gasteiger partial charge < -0.3 is 14.6 Å². The number of nitrogens with one attached hydrogen (secondary N) is 1. The summed E-state index contributed by atoms with van der Waals surface area (Å²) < 4.78 is 5.83. The topological polar surface area (TPSA) is 71.3 Å². The Hall–Kier alpha value is -3.38. The van der Waals surface area contributed by atoms with Crippen molar-refractivity contribution in [3.63, 3.8) is 0 Å². The Labute approximate surface area is 204 Å². The Bertz CT molecular complexity index is 1320. The third kappa shape index (κ3) is 4.50. The summed E-state index contributed by atoms with van der Waals surface area (Å²) in [6.07, 6.45) is 3.81. The molecule has 1 fully saturated rings. The van der Waals surface area contributed by atoms with Crippen molar-refractivity contribution >= 4 is 34.6 Å². The molecular weight excluding hydrogens is 448 g/mol. The molecule has 6 nitrogen and oxygen atoms in total. The van der Waals surface area contributed by atoms with E-state index in [2.05, 4.69) is 22.2 Å². The summed E-state index contributed by atoms with van der Waals surface area (Å²) in [5, 5.41) is 3.94. The molecule has 0 saturated carbocycles. The Balaban J connectivity index is 1.41. The number of hydrogen-bond donors (Lipinski definition) is 1. The highest BCUT2D eigenvalue weighted by Gasteiger charge is 2.33. The van der Waals surface area contributed by atoms with Crippen LogP contribution < -0.4 is 5.32 Å². The molecule has 0 aliphatic carbocycles. The van der Waals surface area contributed by atoms with E-state index in [1.807, 2.05) is 54.3 Å². The number of likely N-dealkylation sites (tertiary alicyclic amines) is 1. The predicted octanol–water partition coefficient (Wildman–Crippen LogP) is 6.20. The van der Waals surface area contributed by atoms with Gasteiger partial charge in [-0.15, -0.1) is 0 Å². The smallest absolute Gasteiger partial charge is 0.295 e. The second kappa shape index (κ2) is 9.47. The SMILES string of the molecule is Cc1ccc(-c2ccccn2)c(C(=O)N2CCCC(C)C2CNc2nc3cc(Cl)ccc3o2)c1. The van der Waals surface area contributed by atoms with E-state index in [0.717, 1.165) is 29.7 Å². The van der Waals surface area contributed by atoms with Crippen molar-refractivity contribution in [1.29, 1.82) is 0 Å². The number of nitrogens with zero attached hydrogens (tertiary/aromatic N) is 3. The highest BCUT2D eigenvalue weighted by atomic mass is 35.5. The first kappa shape index (κ1) is 22.4. The largest absolute Gasteiger partial charge is 0.424 e. The number of carbonyl (C=O) groups excluding carboxylic acids is 1. The van der Waals surface area contributed by atoms with Gasteiger partial charge in [0.25, 0.3) is 11.9 Å². The number of aromatic nitrogens is 2. The molecule has 0 radical (unpaired) electrons. The number of benzene rings is 2. The van der Waals surface area contributed by atoms with Crippen molar-refractivity contribution in [3.8, 4) is 11.3 Å². The fourth-order valence-electron chi connectivity index (χ4n) is 4.72. The molecule has 2 aromatic carbocycles. The van der Waals surface area contributed by atoms with Crippen LogP contribution in [0.4, 0.5) is 6.01 Å². The number of carbonyl (C=O) groups is 1. The lowest BCUT2D eigenvalue weighted by molar-refractivity contribution is 0.0540. The fourth-order valence-corrected chi connectivity index (χ4v) is 4.88. The molecule has 4 aromatic rings. The number of anilines is 1. The summed E-state index contributed by atoms with van der Waals surface area (Å²) in [4.78, 5) is 24.9. The summed E-state index contributed by atoms with van der Waals surface area (Å²) in [5.74, 6) is 0.374. The first-order valence-electron chi connectivity index (χ1n) is 11.6. The highest BCUT2D eigenvalue weighted by Crippen LogP contribution is 2.30. The summed E-state index contributed by atoms with van der Waals surface area (Å²) in [5.41, 5.74) is 4.78. The van der Waals surface area contributed by atoms with Gasteiger partial charge in [0.15, 0.2) is 5.58 Å². The van der Waals surface area contributed by atoms with Crippen LogP contribution in [0.5, 0.6) is 0 Å². The molecule has 2 unspecified atom stereocenters. The number of oxazole rings is 1. The van der Waals surface area contributed by atoms with E-state index in [-0.39, 0.29) is 11.9 Å². The molecule has 34 heavy (non-hydrogen) atoms. The third-order valence-corrected chi connectivity index (χ3v) is 6.77. The van der Waals surface area contributed by atoms with E-state index in [9.17, 15) is 4.79 Å². The van der Waals surface area contributed by atoms with Gasteiger partial charge in [0.2, 0.25) is 0 Å². The maximum absolute atomic E-state index is 13.9. The van der Waals surface area contributed by atoms with Crippen LogP contribution in [-0.4, -0.2) is 39.9 Å². The Morgan fingerprint density at radius 3 is 2.91 bits per heavy atom. The molecule has 5 rings (SSSR count). The molecule has 1 saturated heterocycles. The monoisotopic (exact) mass is 474 g/mol. The van der Waals surface area contributed by atoms with Gasteiger partial charge in [-0.1, -0.05) is 42.3 Å². The normalized spacial score (nSPS) is 18.3. The van der Waals surface area contributed by atoms with E-state index in [4.69, 9.17) is 16.0 Å². The van der Waals surface area contributed by atoms with Crippen molar-refractivity contribution < 1.29 is 9.21 Å². The molecule has 3 heterocycles. The van der Waals surface area contributed by atoms with Crippen molar-refractivity contribution in [2.24, 2.45) is 5.92 Å². The van der Waals surface area contributed by atoms with Crippen LogP contribution in [0.15, 0.2) is 65.2 Å². The zero-order valence-corrected chi connectivity index (χ0v) is 20.0. The lowest BCUT2D eigenvalue weighted by Gasteiger charge is -2.40. The van der Waals surface area contributed by atoms with Crippen molar-refractivity contribution in [2.45, 2.75) is 32.7 Å². The summed E-state index contributed by atoms with van der Waals surface area (Å²) >= 11 is 6.08. The zero-order chi connectivity index (χ0) is 23.7. The van der Waals surface area contributed by atoms with Gasteiger partial charge in [0.1, 0.15) is 5.52 Å². The number of rotatable bonds is 5. The predicted molar refractivity (Wildman–Crippen MR) is 135 cm³/mol. The van der Waals surface area contributed by atoms with Crippen LogP contribution in [0, 0.1) is 12.8 Å². The van der Waals surface area contributed by atoms with Crippen LogP contribution in [0.2, 0.25) is 5.02 Å². The molecule has 2 atom stereocenters. The summed E-state index contributed by atoms with van der Waals surface area (Å²) in [7, 11) is 0. The second-order valence-corrected chi connectivity index (χ2v) is 9.40. The average molecular weight is 475 g/mol. The first-order chi connectivity index (χ1) is 16.5. The van der Waals surface area contributed by atoms with Gasteiger partial charge in [-0.25, -0.2) is 0 Å². The second-order valence-electron chi connectivity index (χ2n) is 8.96. The number of fused-ring (bicyclic) bond motifs is 1. The maximum Gasteiger partial charge on any atom is 0.295 e. The molecule has 174 valence electrons. The Kier molecular flexibility index (Phi) is 6.24. The van der Waals surface area contributed by atoms with E-state index < -0.39 is 0 Å². The molecule has 0 bridgehead atoms. The zero-order valence-electron chi connectivity index (χ0n) is 19.3. The molecule has 1 aliphatic heterocycles. The molecule has 1 amide bonds. The Morgan fingerprint density at radius 1 is 1.21 bits per heavy atom. The number of amides is 1. The maximum atomic E-state index is 13.9. The minimum atomic E-state index is 0.0111. The fraction of sp³-hybridized carbons (Fsp3) is 0.296. The quantitative estimate of drug-likeness (QED) is 0.372. The van der Waals surface area contributed by atoms with E-state index in [1.54, 1.807) is 18.3 Å². The van der Waals surface area contributed by atoms with Gasteiger partial charge in [0, 0.05) is 35.4 Å². The molecule has 0 spiro atoms. The van der Waals surface area contributed by atoms with E-state index in [0.29, 0.717) is 46.7 Å². The Morgan fingerprint density at radius 2 is 2.09 bits per heavy atom. The molecule has 7 heteroatoms. The van der Waals surface area contributed by atoms with Crippen molar-refractivity contribution in [2.75, 3.05) is 18.4 Å². The van der Waals surface area contributed by atoms with Gasteiger partial charge in [-0.05, 0) is 62.1 Å². The molecule has 1 aliphatic rings. The highest BCUT2D eigenvalue weighted by molar-refractivity contribution is 6.31. The minimum Gasteiger partial charge on any atom is -0.424 e. The standard InChI is InChI=1S/C27H27ClN4O2/c1-17-8-10-20(22-7-3-4-12-29-22)21(14-17)26(33)32-13-5-6-18(2)24(32)16-30-27-31-23-15-19(28)9-11-25(23)34-27/h3-4,7-12,14-15,18,24H,5-6,13,16H2,1-2H3,(H,30,31). The van der Waals surface area contributed by atoms with Crippen LogP contribution in [0.3, 0.4) is 0 Å². The van der Waals surface area contributed by atoms with Gasteiger partial charge in [0.05, 0.1) is 11.7 Å². The van der Waals surface area contributed by atoms with E-state index >= 15 is 0 Å². The number of hydrogen-bond acceptors (Lipinski definition) is 5. The lowest BCUT2D eigenvalue weighted by atomic mass is 9.89. The average Bonchev–Trinajstić information content (AvgIpc) is 3.25. The minimum absolute atomic E-state index is 0.0111. The molecule has 1 N–H and O–H groups in total. The number of aryl methyl sites for hydroxylation is 1. The van der Waals surface area contributed by atoms with Crippen molar-refractivity contribution in [3.05, 3.63) is 76.9 Å². The number of pyridine rings is 1. The third-order valence-electron chi connectivity index (χ3n) is 6.53. The van der Waals surface area contributed by atoms with Gasteiger partial charge >= 0.3 is 0 Å². The summed E-state index contributed by atoms with van der Waals surface area (Å²) in [6.45, 7) is 5.48. The van der Waals surface area contributed by atoms with Crippen molar-refractivity contribution in [1.82, 2.24) is 14.9 Å². The molecule has 2 aromatic heterocycles. The lowest BCUT2D eigenvalue weighted by Crippen LogP contribution is -2.51. The van der Waals surface area contributed by atoms with Gasteiger partial charge in [-0.2, -0.15) is 4.98 Å². The number of halogens is 1. The first-order valence-corrected chi connectivity index (χ1v) is 12.0. The van der Waals surface area contributed by atoms with Crippen LogP contribution in [0.25, 0.3) is 22.4 Å².